The standard InChI is InChI=1S/C13H15N5O3/c1-14-12-11(15-3-4-16-12)10-8-18(5-7-20-10)13(19)9-2-6-21-17-9/h2-4,6,10H,5,7-8H2,1H3,(H,14,16)/t10-/m0/s1. The number of anilines is 1. The first-order valence-corrected chi connectivity index (χ1v) is 6.59. The number of hydrogen-bond donors (Lipinski definition) is 1. The molecule has 3 rings (SSSR count). The molecule has 110 valence electrons. The topological polar surface area (TPSA) is 93.4 Å². The fourth-order valence-electron chi connectivity index (χ4n) is 2.26. The van der Waals surface area contributed by atoms with E-state index in [1.54, 1.807) is 30.4 Å². The third kappa shape index (κ3) is 2.70. The van der Waals surface area contributed by atoms with Gasteiger partial charge in [0.1, 0.15) is 23.9 Å². The number of carbonyl (C=O) groups excluding carboxylic acids is 1. The molecule has 0 aromatic carbocycles. The Morgan fingerprint density at radius 1 is 1.43 bits per heavy atom. The third-order valence-electron chi connectivity index (χ3n) is 3.28. The highest BCUT2D eigenvalue weighted by molar-refractivity contribution is 5.92. The lowest BCUT2D eigenvalue weighted by Crippen LogP contribution is -2.42. The van der Waals surface area contributed by atoms with Gasteiger partial charge in [0.2, 0.25) is 0 Å². The summed E-state index contributed by atoms with van der Waals surface area (Å²) in [5.74, 6) is 0.477. The van der Waals surface area contributed by atoms with Crippen molar-refractivity contribution >= 4 is 11.7 Å². The van der Waals surface area contributed by atoms with Crippen molar-refractivity contribution in [2.45, 2.75) is 6.10 Å². The highest BCUT2D eigenvalue weighted by Gasteiger charge is 2.29. The van der Waals surface area contributed by atoms with Gasteiger partial charge >= 0.3 is 0 Å². The molecule has 3 heterocycles. The molecule has 0 unspecified atom stereocenters. The summed E-state index contributed by atoms with van der Waals surface area (Å²) in [6.07, 6.45) is 4.28. The molecule has 1 amide bonds. The highest BCUT2D eigenvalue weighted by Crippen LogP contribution is 2.25. The van der Waals surface area contributed by atoms with Crippen molar-refractivity contribution in [3.05, 3.63) is 36.1 Å². The van der Waals surface area contributed by atoms with E-state index in [-0.39, 0.29) is 12.0 Å². The van der Waals surface area contributed by atoms with Crippen LogP contribution in [0.4, 0.5) is 5.82 Å². The molecule has 1 aliphatic heterocycles. The molecular weight excluding hydrogens is 274 g/mol. The summed E-state index contributed by atoms with van der Waals surface area (Å²) >= 11 is 0. The maximum absolute atomic E-state index is 12.3. The minimum absolute atomic E-state index is 0.174. The zero-order chi connectivity index (χ0) is 14.7. The van der Waals surface area contributed by atoms with Gasteiger partial charge in [0, 0.05) is 32.1 Å². The van der Waals surface area contributed by atoms with Crippen LogP contribution < -0.4 is 5.32 Å². The SMILES string of the molecule is CNc1nccnc1[C@@H]1CN(C(=O)c2ccon2)CCO1. The normalized spacial score (nSPS) is 18.5. The number of nitrogens with one attached hydrogen (secondary N) is 1. The lowest BCUT2D eigenvalue weighted by molar-refractivity contribution is -0.0248. The molecule has 1 fully saturated rings. The molecule has 1 aliphatic rings. The van der Waals surface area contributed by atoms with Gasteiger partial charge in [-0.1, -0.05) is 5.16 Å². The van der Waals surface area contributed by atoms with Crippen LogP contribution in [0, 0.1) is 0 Å². The Kier molecular flexibility index (Phi) is 3.78. The average Bonchev–Trinajstić information content (AvgIpc) is 3.08. The van der Waals surface area contributed by atoms with Gasteiger partial charge in [-0.15, -0.1) is 0 Å². The second kappa shape index (κ2) is 5.88. The number of morpholine rings is 1. The maximum atomic E-state index is 12.3. The van der Waals surface area contributed by atoms with Crippen molar-refractivity contribution in [1.29, 1.82) is 0 Å². The van der Waals surface area contributed by atoms with Crippen LogP contribution in [-0.4, -0.2) is 52.7 Å². The van der Waals surface area contributed by atoms with Crippen LogP contribution in [0.1, 0.15) is 22.3 Å². The zero-order valence-electron chi connectivity index (χ0n) is 11.5. The predicted octanol–water partition coefficient (Wildman–Crippen LogP) is 0.720. The van der Waals surface area contributed by atoms with Crippen LogP contribution in [0.25, 0.3) is 0 Å². The number of hydrogen-bond acceptors (Lipinski definition) is 7. The Morgan fingerprint density at radius 3 is 3.05 bits per heavy atom. The number of nitrogens with zero attached hydrogens (tertiary/aromatic N) is 4. The second-order valence-corrected chi connectivity index (χ2v) is 4.54. The first-order chi connectivity index (χ1) is 10.3. The Bertz CT molecular complexity index is 616. The van der Waals surface area contributed by atoms with Gasteiger partial charge < -0.3 is 19.5 Å². The largest absolute Gasteiger partial charge is 0.372 e. The first-order valence-electron chi connectivity index (χ1n) is 6.59. The number of ether oxygens (including phenoxy) is 1. The summed E-state index contributed by atoms with van der Waals surface area (Å²) in [5.41, 5.74) is 0.987. The molecule has 8 heteroatoms. The van der Waals surface area contributed by atoms with E-state index >= 15 is 0 Å². The Hall–Kier alpha value is -2.48. The number of rotatable bonds is 3. The van der Waals surface area contributed by atoms with Crippen LogP contribution in [0.15, 0.2) is 29.2 Å². The molecule has 2 aromatic rings. The molecule has 1 atom stereocenters. The lowest BCUT2D eigenvalue weighted by Gasteiger charge is -2.32. The Balaban J connectivity index is 1.78. The monoisotopic (exact) mass is 289 g/mol. The smallest absolute Gasteiger partial charge is 0.276 e. The van der Waals surface area contributed by atoms with Gasteiger partial charge in [-0.05, 0) is 0 Å². The van der Waals surface area contributed by atoms with E-state index in [1.165, 1.54) is 6.26 Å². The number of carbonyl (C=O) groups is 1. The van der Waals surface area contributed by atoms with E-state index in [0.29, 0.717) is 36.9 Å². The Labute approximate surface area is 121 Å². The first kappa shape index (κ1) is 13.5. The van der Waals surface area contributed by atoms with E-state index in [1.807, 2.05) is 0 Å². The third-order valence-corrected chi connectivity index (χ3v) is 3.28. The van der Waals surface area contributed by atoms with Gasteiger partial charge in [-0.2, -0.15) is 0 Å². The molecule has 21 heavy (non-hydrogen) atoms. The lowest BCUT2D eigenvalue weighted by atomic mass is 10.2. The van der Waals surface area contributed by atoms with Crippen molar-refractivity contribution in [3.63, 3.8) is 0 Å². The van der Waals surface area contributed by atoms with Crippen molar-refractivity contribution < 1.29 is 14.1 Å². The fraction of sp³-hybridized carbons (Fsp3) is 0.385. The van der Waals surface area contributed by atoms with Crippen molar-refractivity contribution in [2.75, 3.05) is 32.1 Å². The van der Waals surface area contributed by atoms with Crippen molar-refractivity contribution in [2.24, 2.45) is 0 Å². The molecular formula is C13H15N5O3. The van der Waals surface area contributed by atoms with Crippen LogP contribution in [0.5, 0.6) is 0 Å². The average molecular weight is 289 g/mol. The zero-order valence-corrected chi connectivity index (χ0v) is 11.5. The quantitative estimate of drug-likeness (QED) is 0.889. The minimum atomic E-state index is -0.314. The summed E-state index contributed by atoms with van der Waals surface area (Å²) in [6.45, 7) is 1.35. The summed E-state index contributed by atoms with van der Waals surface area (Å²) in [5, 5.41) is 6.66. The fourth-order valence-corrected chi connectivity index (χ4v) is 2.26. The highest BCUT2D eigenvalue weighted by atomic mass is 16.5. The summed E-state index contributed by atoms with van der Waals surface area (Å²) in [4.78, 5) is 22.5. The van der Waals surface area contributed by atoms with Crippen LogP contribution in [-0.2, 0) is 4.74 Å². The molecule has 0 bridgehead atoms. The van der Waals surface area contributed by atoms with E-state index in [2.05, 4.69) is 20.4 Å². The molecule has 0 radical (unpaired) electrons. The van der Waals surface area contributed by atoms with Crippen LogP contribution >= 0.6 is 0 Å². The molecule has 8 nitrogen and oxygen atoms in total. The van der Waals surface area contributed by atoms with Gasteiger partial charge in [0.05, 0.1) is 13.2 Å². The predicted molar refractivity (Wildman–Crippen MR) is 72.7 cm³/mol. The van der Waals surface area contributed by atoms with Gasteiger partial charge in [0.25, 0.3) is 5.91 Å². The summed E-state index contributed by atoms with van der Waals surface area (Å²) in [7, 11) is 1.77. The van der Waals surface area contributed by atoms with E-state index in [9.17, 15) is 4.79 Å². The van der Waals surface area contributed by atoms with E-state index < -0.39 is 0 Å². The molecule has 0 spiro atoms. The van der Waals surface area contributed by atoms with E-state index in [0.717, 1.165) is 0 Å². The number of aromatic nitrogens is 3. The Morgan fingerprint density at radius 2 is 2.29 bits per heavy atom. The molecule has 2 aromatic heterocycles. The van der Waals surface area contributed by atoms with Gasteiger partial charge in [-0.3, -0.25) is 9.78 Å². The second-order valence-electron chi connectivity index (χ2n) is 4.54. The molecule has 1 saturated heterocycles. The van der Waals surface area contributed by atoms with E-state index in [4.69, 9.17) is 9.26 Å². The van der Waals surface area contributed by atoms with Crippen LogP contribution in [0.2, 0.25) is 0 Å². The van der Waals surface area contributed by atoms with Crippen LogP contribution in [0.3, 0.4) is 0 Å². The molecule has 0 saturated carbocycles. The van der Waals surface area contributed by atoms with Gasteiger partial charge in [-0.25, -0.2) is 4.98 Å². The number of amides is 1. The maximum Gasteiger partial charge on any atom is 0.276 e. The molecule has 1 N–H and O–H groups in total. The van der Waals surface area contributed by atoms with Crippen molar-refractivity contribution in [1.82, 2.24) is 20.0 Å². The van der Waals surface area contributed by atoms with Crippen molar-refractivity contribution in [3.8, 4) is 0 Å². The summed E-state index contributed by atoms with van der Waals surface area (Å²) in [6, 6.07) is 1.55. The molecule has 0 aliphatic carbocycles. The van der Waals surface area contributed by atoms with Gasteiger partial charge in [0.15, 0.2) is 5.69 Å². The minimum Gasteiger partial charge on any atom is -0.372 e. The summed E-state index contributed by atoms with van der Waals surface area (Å²) < 4.78 is 10.4.